The van der Waals surface area contributed by atoms with E-state index >= 15 is 0 Å². The Morgan fingerprint density at radius 1 is 1.33 bits per heavy atom. The lowest BCUT2D eigenvalue weighted by Gasteiger charge is -2.12. The number of nitrogens with two attached hydrogens (primary N) is 1. The number of methoxy groups -OCH3 is 1. The maximum Gasteiger partial charge on any atom is 0.205 e. The molecule has 8 nitrogen and oxygen atoms in total. The largest absolute Gasteiger partial charge is 0.490 e. The second-order valence-corrected chi connectivity index (χ2v) is 3.36. The number of hydrogen-bond donors (Lipinski definition) is 4. The molecule has 0 aromatic carbocycles. The number of aromatic nitrogens is 2. The van der Waals surface area contributed by atoms with Crippen molar-refractivity contribution < 1.29 is 14.6 Å². The monoisotopic (exact) mass is 257 g/mol. The van der Waals surface area contributed by atoms with Crippen LogP contribution in [-0.4, -0.2) is 48.5 Å². The van der Waals surface area contributed by atoms with Crippen molar-refractivity contribution in [1.82, 2.24) is 9.97 Å². The first-order valence-electron chi connectivity index (χ1n) is 5.61. The molecular formula is C10H19N5O3. The summed E-state index contributed by atoms with van der Waals surface area (Å²) in [4.78, 5) is 8.00. The standard InChI is InChI=1S/C10H19N5O3/c1-17-8-9(13-7-14-10(8)15-11)12-3-2-5-18-6-4-16/h7,16H,2-6,11H2,1H3,(H2,12,13,14,15). The molecule has 102 valence electrons. The molecule has 0 saturated heterocycles. The molecule has 0 radical (unpaired) electrons. The zero-order chi connectivity index (χ0) is 13.2. The van der Waals surface area contributed by atoms with E-state index in [9.17, 15) is 0 Å². The Balaban J connectivity index is 2.41. The molecule has 0 aliphatic heterocycles. The first-order chi connectivity index (χ1) is 8.83. The van der Waals surface area contributed by atoms with E-state index in [0.717, 1.165) is 6.42 Å². The molecule has 1 heterocycles. The molecule has 0 atom stereocenters. The van der Waals surface area contributed by atoms with Gasteiger partial charge in [0.15, 0.2) is 11.6 Å². The number of anilines is 2. The van der Waals surface area contributed by atoms with Gasteiger partial charge in [-0.25, -0.2) is 15.8 Å². The van der Waals surface area contributed by atoms with Crippen LogP contribution in [0.25, 0.3) is 0 Å². The van der Waals surface area contributed by atoms with Crippen molar-refractivity contribution in [3.63, 3.8) is 0 Å². The summed E-state index contributed by atoms with van der Waals surface area (Å²) < 4.78 is 10.3. The summed E-state index contributed by atoms with van der Waals surface area (Å²) in [7, 11) is 1.52. The lowest BCUT2D eigenvalue weighted by Crippen LogP contribution is -2.13. The van der Waals surface area contributed by atoms with Gasteiger partial charge in [0.2, 0.25) is 5.75 Å². The number of rotatable bonds is 9. The summed E-state index contributed by atoms with van der Waals surface area (Å²) in [5.74, 6) is 6.78. The van der Waals surface area contributed by atoms with Crippen molar-refractivity contribution in [3.05, 3.63) is 6.33 Å². The number of hydrogen-bond acceptors (Lipinski definition) is 8. The first kappa shape index (κ1) is 14.4. The van der Waals surface area contributed by atoms with Crippen LogP contribution in [0.5, 0.6) is 5.75 Å². The Kier molecular flexibility index (Phi) is 6.77. The summed E-state index contributed by atoms with van der Waals surface area (Å²) >= 11 is 0. The molecule has 8 heteroatoms. The fourth-order valence-electron chi connectivity index (χ4n) is 1.34. The van der Waals surface area contributed by atoms with Crippen molar-refractivity contribution >= 4 is 11.6 Å². The van der Waals surface area contributed by atoms with E-state index in [1.807, 2.05) is 0 Å². The predicted molar refractivity (Wildman–Crippen MR) is 67.4 cm³/mol. The van der Waals surface area contributed by atoms with E-state index < -0.39 is 0 Å². The molecule has 0 aliphatic carbocycles. The maximum atomic E-state index is 8.53. The highest BCUT2D eigenvalue weighted by Crippen LogP contribution is 2.27. The van der Waals surface area contributed by atoms with Gasteiger partial charge in [-0.15, -0.1) is 0 Å². The number of aliphatic hydroxyl groups excluding tert-OH is 1. The molecule has 0 aliphatic rings. The van der Waals surface area contributed by atoms with Gasteiger partial charge in [0, 0.05) is 13.2 Å². The quantitative estimate of drug-likeness (QED) is 0.268. The molecular weight excluding hydrogens is 238 g/mol. The van der Waals surface area contributed by atoms with E-state index in [2.05, 4.69) is 20.7 Å². The number of aliphatic hydroxyl groups is 1. The Hall–Kier alpha value is -1.64. The average Bonchev–Trinajstić information content (AvgIpc) is 2.42. The Bertz CT molecular complexity index is 350. The van der Waals surface area contributed by atoms with Gasteiger partial charge < -0.3 is 25.3 Å². The van der Waals surface area contributed by atoms with Crippen LogP contribution >= 0.6 is 0 Å². The first-order valence-corrected chi connectivity index (χ1v) is 5.61. The van der Waals surface area contributed by atoms with E-state index in [0.29, 0.717) is 37.1 Å². The third-order valence-corrected chi connectivity index (χ3v) is 2.14. The third kappa shape index (κ3) is 4.32. The minimum absolute atomic E-state index is 0.0404. The highest BCUT2D eigenvalue weighted by Gasteiger charge is 2.10. The minimum Gasteiger partial charge on any atom is -0.490 e. The van der Waals surface area contributed by atoms with Gasteiger partial charge in [-0.3, -0.25) is 0 Å². The topological polar surface area (TPSA) is 115 Å². The van der Waals surface area contributed by atoms with Crippen LogP contribution in [0.4, 0.5) is 11.6 Å². The number of ether oxygens (including phenoxy) is 2. The predicted octanol–water partition coefficient (Wildman–Crippen LogP) is -0.418. The van der Waals surface area contributed by atoms with Crippen molar-refractivity contribution in [2.75, 3.05) is 44.2 Å². The van der Waals surface area contributed by atoms with Crippen molar-refractivity contribution in [2.45, 2.75) is 6.42 Å². The minimum atomic E-state index is 0.0404. The summed E-state index contributed by atoms with van der Waals surface area (Å²) in [6, 6.07) is 0. The lowest BCUT2D eigenvalue weighted by atomic mass is 10.4. The molecule has 0 bridgehead atoms. The lowest BCUT2D eigenvalue weighted by molar-refractivity contribution is 0.0922. The van der Waals surface area contributed by atoms with Gasteiger partial charge in [0.1, 0.15) is 6.33 Å². The van der Waals surface area contributed by atoms with Crippen LogP contribution in [0.3, 0.4) is 0 Å². The van der Waals surface area contributed by atoms with Crippen LogP contribution in [0, 0.1) is 0 Å². The zero-order valence-corrected chi connectivity index (χ0v) is 10.3. The van der Waals surface area contributed by atoms with Gasteiger partial charge in [-0.2, -0.15) is 0 Å². The van der Waals surface area contributed by atoms with E-state index in [4.69, 9.17) is 20.4 Å². The van der Waals surface area contributed by atoms with Gasteiger partial charge in [-0.1, -0.05) is 0 Å². The highest BCUT2D eigenvalue weighted by atomic mass is 16.5. The molecule has 0 fully saturated rings. The Morgan fingerprint density at radius 2 is 2.11 bits per heavy atom. The molecule has 0 amide bonds. The highest BCUT2D eigenvalue weighted by molar-refractivity contribution is 5.62. The van der Waals surface area contributed by atoms with Gasteiger partial charge in [-0.05, 0) is 6.42 Å². The Morgan fingerprint density at radius 3 is 2.78 bits per heavy atom. The molecule has 1 aromatic rings. The van der Waals surface area contributed by atoms with Gasteiger partial charge >= 0.3 is 0 Å². The zero-order valence-electron chi connectivity index (χ0n) is 10.3. The van der Waals surface area contributed by atoms with Crippen LogP contribution in [0.15, 0.2) is 6.33 Å². The molecule has 0 unspecified atom stereocenters. The van der Waals surface area contributed by atoms with Crippen LogP contribution in [-0.2, 0) is 4.74 Å². The fraction of sp³-hybridized carbons (Fsp3) is 0.600. The average molecular weight is 257 g/mol. The second-order valence-electron chi connectivity index (χ2n) is 3.36. The van der Waals surface area contributed by atoms with Gasteiger partial charge in [0.25, 0.3) is 0 Å². The molecule has 5 N–H and O–H groups in total. The van der Waals surface area contributed by atoms with Crippen molar-refractivity contribution in [1.29, 1.82) is 0 Å². The van der Waals surface area contributed by atoms with E-state index in [1.54, 1.807) is 0 Å². The number of nitrogens with one attached hydrogen (secondary N) is 2. The molecule has 1 rings (SSSR count). The fourth-order valence-corrected chi connectivity index (χ4v) is 1.34. The normalized spacial score (nSPS) is 10.2. The molecule has 0 saturated carbocycles. The van der Waals surface area contributed by atoms with E-state index in [-0.39, 0.29) is 6.61 Å². The van der Waals surface area contributed by atoms with Crippen molar-refractivity contribution in [2.24, 2.45) is 5.84 Å². The third-order valence-electron chi connectivity index (χ3n) is 2.14. The smallest absolute Gasteiger partial charge is 0.205 e. The molecule has 0 spiro atoms. The van der Waals surface area contributed by atoms with Crippen molar-refractivity contribution in [3.8, 4) is 5.75 Å². The SMILES string of the molecule is COc1c(NN)ncnc1NCCCOCCO. The Labute approximate surface area is 105 Å². The summed E-state index contributed by atoms with van der Waals surface area (Å²) in [6.07, 6.45) is 2.18. The maximum absolute atomic E-state index is 8.53. The molecule has 18 heavy (non-hydrogen) atoms. The number of hydrazine groups is 1. The van der Waals surface area contributed by atoms with Crippen LogP contribution in [0.2, 0.25) is 0 Å². The number of nitrogen functional groups attached to an aromatic ring is 1. The van der Waals surface area contributed by atoms with Gasteiger partial charge in [0.05, 0.1) is 20.3 Å². The van der Waals surface area contributed by atoms with Crippen LogP contribution < -0.4 is 21.3 Å². The summed E-state index contributed by atoms with van der Waals surface area (Å²) in [5.41, 5.74) is 2.44. The number of nitrogens with zero attached hydrogens (tertiary/aromatic N) is 2. The summed E-state index contributed by atoms with van der Waals surface area (Å²) in [6.45, 7) is 1.64. The van der Waals surface area contributed by atoms with Crippen LogP contribution in [0.1, 0.15) is 6.42 Å². The second kappa shape index (κ2) is 8.45. The summed E-state index contributed by atoms with van der Waals surface area (Å²) in [5, 5.41) is 11.6. The molecule has 1 aromatic heterocycles. The van der Waals surface area contributed by atoms with E-state index in [1.165, 1.54) is 13.4 Å².